The zero-order chi connectivity index (χ0) is 15.4. The Hall–Kier alpha value is -1.89. The van der Waals surface area contributed by atoms with Crippen LogP contribution in [0.15, 0.2) is 6.20 Å². The number of aromatic nitrogens is 5. The average Bonchev–Trinajstić information content (AvgIpc) is 3.08. The lowest BCUT2D eigenvalue weighted by Crippen LogP contribution is -2.12. The molecule has 1 saturated carbocycles. The second kappa shape index (κ2) is 4.81. The molecule has 0 radical (unpaired) electrons. The molecular formula is C15H20N6S. The topological polar surface area (TPSA) is 60.6 Å². The lowest BCUT2D eigenvalue weighted by molar-refractivity contribution is 0.445. The Morgan fingerprint density at radius 1 is 1.36 bits per heavy atom. The number of rotatable bonds is 4. The highest BCUT2D eigenvalue weighted by Crippen LogP contribution is 2.41. The van der Waals surface area contributed by atoms with Gasteiger partial charge in [-0.05, 0) is 39.5 Å². The van der Waals surface area contributed by atoms with Crippen molar-refractivity contribution in [2.24, 2.45) is 13.0 Å². The van der Waals surface area contributed by atoms with Crippen LogP contribution in [0.3, 0.4) is 0 Å². The molecule has 22 heavy (non-hydrogen) atoms. The molecule has 4 rings (SSSR count). The van der Waals surface area contributed by atoms with Crippen LogP contribution in [0.5, 0.6) is 0 Å². The number of hydrogen-bond acceptors (Lipinski definition) is 5. The number of aryl methyl sites for hydroxylation is 3. The highest BCUT2D eigenvalue weighted by Gasteiger charge is 2.31. The SMILES string of the molecule is Cc1cnn(C(C)C2CC2)c1Nc1nc2c(s1)c(C)nn2C. The minimum atomic E-state index is 0.439. The molecule has 3 heterocycles. The molecule has 1 aliphatic carbocycles. The fourth-order valence-electron chi connectivity index (χ4n) is 2.93. The molecule has 0 aliphatic heterocycles. The maximum Gasteiger partial charge on any atom is 0.191 e. The van der Waals surface area contributed by atoms with Crippen molar-refractivity contribution in [3.05, 3.63) is 17.5 Å². The lowest BCUT2D eigenvalue weighted by Gasteiger charge is -2.15. The first kappa shape index (κ1) is 13.8. The minimum Gasteiger partial charge on any atom is -0.316 e. The van der Waals surface area contributed by atoms with E-state index in [4.69, 9.17) is 0 Å². The van der Waals surface area contributed by atoms with Gasteiger partial charge in [-0.15, -0.1) is 0 Å². The van der Waals surface area contributed by atoms with Crippen LogP contribution in [0.25, 0.3) is 10.3 Å². The number of thiazole rings is 1. The van der Waals surface area contributed by atoms with E-state index in [0.717, 1.165) is 38.5 Å². The smallest absolute Gasteiger partial charge is 0.191 e. The maximum atomic E-state index is 4.68. The number of fused-ring (bicyclic) bond motifs is 1. The average molecular weight is 316 g/mol. The molecule has 0 aromatic carbocycles. The molecule has 6 nitrogen and oxygen atoms in total. The molecule has 1 aliphatic rings. The Balaban J connectivity index is 1.69. The first-order chi connectivity index (χ1) is 10.5. The standard InChI is InChI=1S/C15H20N6S/c1-8-7-16-21(10(3)11-5-6-11)13(8)17-15-18-14-12(22-15)9(2)19-20(14)4/h7,10-11H,5-6H2,1-4H3,(H,17,18). The van der Waals surface area contributed by atoms with E-state index < -0.39 is 0 Å². The Kier molecular flexibility index (Phi) is 3.00. The van der Waals surface area contributed by atoms with E-state index in [0.29, 0.717) is 6.04 Å². The Morgan fingerprint density at radius 2 is 2.14 bits per heavy atom. The van der Waals surface area contributed by atoms with Crippen molar-refractivity contribution in [2.75, 3.05) is 5.32 Å². The van der Waals surface area contributed by atoms with Crippen molar-refractivity contribution in [3.63, 3.8) is 0 Å². The van der Waals surface area contributed by atoms with E-state index in [9.17, 15) is 0 Å². The van der Waals surface area contributed by atoms with Gasteiger partial charge in [-0.25, -0.2) is 14.3 Å². The third kappa shape index (κ3) is 2.11. The van der Waals surface area contributed by atoms with Crippen LogP contribution in [0.2, 0.25) is 0 Å². The van der Waals surface area contributed by atoms with Crippen LogP contribution in [-0.2, 0) is 7.05 Å². The zero-order valence-corrected chi connectivity index (χ0v) is 14.1. The van der Waals surface area contributed by atoms with Crippen molar-refractivity contribution >= 4 is 32.6 Å². The van der Waals surface area contributed by atoms with Crippen molar-refractivity contribution in [1.29, 1.82) is 0 Å². The lowest BCUT2D eigenvalue weighted by atomic mass is 10.2. The van der Waals surface area contributed by atoms with Crippen molar-refractivity contribution in [2.45, 2.75) is 39.7 Å². The third-order valence-electron chi connectivity index (χ3n) is 4.44. The van der Waals surface area contributed by atoms with E-state index in [1.807, 2.05) is 24.9 Å². The summed E-state index contributed by atoms with van der Waals surface area (Å²) in [6.45, 7) is 6.36. The summed E-state index contributed by atoms with van der Waals surface area (Å²) in [4.78, 5) is 4.68. The van der Waals surface area contributed by atoms with Crippen LogP contribution < -0.4 is 5.32 Å². The fourth-order valence-corrected chi connectivity index (χ4v) is 3.86. The highest BCUT2D eigenvalue weighted by molar-refractivity contribution is 7.22. The molecule has 1 atom stereocenters. The molecule has 0 amide bonds. The second-order valence-corrected chi connectivity index (χ2v) is 7.20. The monoisotopic (exact) mass is 316 g/mol. The largest absolute Gasteiger partial charge is 0.316 e. The van der Waals surface area contributed by atoms with Crippen LogP contribution in [0.1, 0.15) is 37.1 Å². The van der Waals surface area contributed by atoms with E-state index in [1.165, 1.54) is 12.8 Å². The van der Waals surface area contributed by atoms with Gasteiger partial charge in [-0.3, -0.25) is 0 Å². The summed E-state index contributed by atoms with van der Waals surface area (Å²) in [5, 5.41) is 13.3. The maximum absolute atomic E-state index is 4.68. The van der Waals surface area contributed by atoms with Crippen LogP contribution >= 0.6 is 11.3 Å². The number of anilines is 2. The van der Waals surface area contributed by atoms with Gasteiger partial charge in [0.2, 0.25) is 0 Å². The predicted molar refractivity (Wildman–Crippen MR) is 88.8 cm³/mol. The van der Waals surface area contributed by atoms with Gasteiger partial charge in [0.15, 0.2) is 10.8 Å². The predicted octanol–water partition coefficient (Wildman–Crippen LogP) is 3.56. The van der Waals surface area contributed by atoms with Gasteiger partial charge < -0.3 is 5.32 Å². The molecule has 116 valence electrons. The first-order valence-corrected chi connectivity index (χ1v) is 8.47. The summed E-state index contributed by atoms with van der Waals surface area (Å²) in [6.07, 6.45) is 4.55. The number of nitrogens with zero attached hydrogens (tertiary/aromatic N) is 5. The molecule has 1 unspecified atom stereocenters. The van der Waals surface area contributed by atoms with Crippen molar-refractivity contribution in [1.82, 2.24) is 24.5 Å². The molecule has 3 aromatic heterocycles. The third-order valence-corrected chi connectivity index (χ3v) is 5.51. The highest BCUT2D eigenvalue weighted by atomic mass is 32.1. The Bertz CT molecular complexity index is 803. The van der Waals surface area contributed by atoms with Gasteiger partial charge in [-0.1, -0.05) is 11.3 Å². The summed E-state index contributed by atoms with van der Waals surface area (Å²) >= 11 is 1.65. The van der Waals surface area contributed by atoms with E-state index in [1.54, 1.807) is 11.3 Å². The molecule has 0 saturated heterocycles. The van der Waals surface area contributed by atoms with Crippen LogP contribution in [0, 0.1) is 19.8 Å². The molecule has 0 bridgehead atoms. The quantitative estimate of drug-likeness (QED) is 0.799. The van der Waals surface area contributed by atoms with Gasteiger partial charge in [0.25, 0.3) is 0 Å². The van der Waals surface area contributed by atoms with Gasteiger partial charge in [0.05, 0.1) is 22.6 Å². The molecule has 3 aromatic rings. The molecule has 1 fully saturated rings. The summed E-state index contributed by atoms with van der Waals surface area (Å²) < 4.78 is 5.09. The number of hydrogen-bond donors (Lipinski definition) is 1. The zero-order valence-electron chi connectivity index (χ0n) is 13.3. The van der Waals surface area contributed by atoms with Gasteiger partial charge in [0.1, 0.15) is 5.82 Å². The van der Waals surface area contributed by atoms with Gasteiger partial charge in [-0.2, -0.15) is 10.2 Å². The van der Waals surface area contributed by atoms with Crippen molar-refractivity contribution in [3.8, 4) is 0 Å². The van der Waals surface area contributed by atoms with Crippen LogP contribution in [-0.4, -0.2) is 24.5 Å². The molecule has 0 spiro atoms. The Labute approximate surface area is 133 Å². The summed E-state index contributed by atoms with van der Waals surface area (Å²) in [6, 6.07) is 0.439. The minimum absolute atomic E-state index is 0.439. The number of nitrogens with one attached hydrogen (secondary N) is 1. The summed E-state index contributed by atoms with van der Waals surface area (Å²) in [5.41, 5.74) is 3.12. The fraction of sp³-hybridized carbons (Fsp3) is 0.533. The van der Waals surface area contributed by atoms with Gasteiger partial charge >= 0.3 is 0 Å². The van der Waals surface area contributed by atoms with Crippen molar-refractivity contribution < 1.29 is 0 Å². The second-order valence-electron chi connectivity index (χ2n) is 6.20. The van der Waals surface area contributed by atoms with E-state index >= 15 is 0 Å². The molecule has 1 N–H and O–H groups in total. The van der Waals surface area contributed by atoms with E-state index in [2.05, 4.69) is 39.0 Å². The molecular weight excluding hydrogens is 296 g/mol. The van der Waals surface area contributed by atoms with Gasteiger partial charge in [0, 0.05) is 12.6 Å². The normalized spacial score (nSPS) is 16.4. The van der Waals surface area contributed by atoms with E-state index in [-0.39, 0.29) is 0 Å². The summed E-state index contributed by atoms with van der Waals surface area (Å²) in [5.74, 6) is 1.82. The first-order valence-electron chi connectivity index (χ1n) is 7.66. The Morgan fingerprint density at radius 3 is 2.82 bits per heavy atom. The summed E-state index contributed by atoms with van der Waals surface area (Å²) in [7, 11) is 1.93. The molecule has 7 heteroatoms. The van der Waals surface area contributed by atoms with Crippen LogP contribution in [0.4, 0.5) is 10.9 Å².